The number of piperidine rings is 1. The number of nitrogens with zero attached hydrogens (tertiary/aromatic N) is 3. The van der Waals surface area contributed by atoms with E-state index in [1.807, 2.05) is 18.7 Å². The van der Waals surface area contributed by atoms with Crippen LogP contribution in [0.4, 0.5) is 0 Å². The first-order valence-electron chi connectivity index (χ1n) is 10.6. The summed E-state index contributed by atoms with van der Waals surface area (Å²) >= 11 is 0. The summed E-state index contributed by atoms with van der Waals surface area (Å²) in [5.74, 6) is 1.94. The molecule has 2 heterocycles. The predicted octanol–water partition coefficient (Wildman–Crippen LogP) is 1.92. The molecule has 0 spiro atoms. The van der Waals surface area contributed by atoms with Crippen LogP contribution < -0.4 is 10.6 Å². The highest BCUT2D eigenvalue weighted by Crippen LogP contribution is 2.18. The minimum atomic E-state index is 0.0780. The third-order valence-electron chi connectivity index (χ3n) is 5.43. The lowest BCUT2D eigenvalue weighted by atomic mass is 9.97. The summed E-state index contributed by atoms with van der Waals surface area (Å²) in [7, 11) is 0. The Kier molecular flexibility index (Phi) is 8.69. The van der Waals surface area contributed by atoms with Crippen molar-refractivity contribution in [2.24, 2.45) is 16.8 Å². The van der Waals surface area contributed by atoms with Gasteiger partial charge in [-0.05, 0) is 58.2 Å². The molecule has 26 heavy (non-hydrogen) atoms. The van der Waals surface area contributed by atoms with Gasteiger partial charge in [-0.2, -0.15) is 0 Å². The number of likely N-dealkylation sites (tertiary alicyclic amines) is 2. The summed E-state index contributed by atoms with van der Waals surface area (Å²) in [6.45, 7) is 15.4. The zero-order valence-corrected chi connectivity index (χ0v) is 17.3. The molecule has 2 aliphatic heterocycles. The molecule has 6 nitrogen and oxygen atoms in total. The average molecular weight is 366 g/mol. The van der Waals surface area contributed by atoms with E-state index in [1.54, 1.807) is 0 Å². The topological polar surface area (TPSA) is 60.0 Å². The Labute approximate surface area is 159 Å². The number of hydrogen-bond donors (Lipinski definition) is 2. The van der Waals surface area contributed by atoms with Crippen LogP contribution >= 0.6 is 0 Å². The molecule has 0 aromatic rings. The Morgan fingerprint density at radius 2 is 1.88 bits per heavy atom. The van der Waals surface area contributed by atoms with Gasteiger partial charge in [-0.15, -0.1) is 0 Å². The van der Waals surface area contributed by atoms with Gasteiger partial charge in [-0.3, -0.25) is 9.79 Å². The fourth-order valence-corrected chi connectivity index (χ4v) is 3.89. The summed E-state index contributed by atoms with van der Waals surface area (Å²) in [5, 5.41) is 6.91. The SMILES string of the molecule is CCCN1CCC(CN=C(NCC)NC2CCN(C(=O)C(C)C)C2)CC1. The van der Waals surface area contributed by atoms with E-state index < -0.39 is 0 Å². The molecule has 0 aliphatic carbocycles. The molecule has 0 radical (unpaired) electrons. The van der Waals surface area contributed by atoms with E-state index in [2.05, 4.69) is 29.4 Å². The van der Waals surface area contributed by atoms with Gasteiger partial charge in [0.25, 0.3) is 0 Å². The van der Waals surface area contributed by atoms with Crippen molar-refractivity contribution in [2.75, 3.05) is 45.8 Å². The van der Waals surface area contributed by atoms with Crippen LogP contribution in [0, 0.1) is 11.8 Å². The molecule has 2 N–H and O–H groups in total. The number of hydrogen-bond acceptors (Lipinski definition) is 3. The van der Waals surface area contributed by atoms with E-state index in [-0.39, 0.29) is 11.8 Å². The van der Waals surface area contributed by atoms with E-state index in [0.29, 0.717) is 12.0 Å². The molecular weight excluding hydrogens is 326 g/mol. The van der Waals surface area contributed by atoms with E-state index >= 15 is 0 Å². The van der Waals surface area contributed by atoms with Gasteiger partial charge < -0.3 is 20.4 Å². The minimum absolute atomic E-state index is 0.0780. The highest BCUT2D eigenvalue weighted by Gasteiger charge is 2.28. The lowest BCUT2D eigenvalue weighted by Crippen LogP contribution is -2.45. The largest absolute Gasteiger partial charge is 0.357 e. The number of carbonyl (C=O) groups is 1. The summed E-state index contributed by atoms with van der Waals surface area (Å²) in [4.78, 5) is 21.6. The van der Waals surface area contributed by atoms with Crippen LogP contribution in [0.25, 0.3) is 0 Å². The van der Waals surface area contributed by atoms with Crippen molar-refractivity contribution < 1.29 is 4.79 Å². The first-order valence-corrected chi connectivity index (χ1v) is 10.6. The number of carbonyl (C=O) groups excluding carboxylic acids is 1. The second-order valence-electron chi connectivity index (χ2n) is 8.07. The Morgan fingerprint density at radius 1 is 1.15 bits per heavy atom. The van der Waals surface area contributed by atoms with E-state index in [9.17, 15) is 4.79 Å². The highest BCUT2D eigenvalue weighted by molar-refractivity contribution is 5.81. The molecule has 6 heteroatoms. The van der Waals surface area contributed by atoms with Gasteiger partial charge in [0.15, 0.2) is 5.96 Å². The molecule has 2 aliphatic rings. The van der Waals surface area contributed by atoms with Crippen molar-refractivity contribution in [3.63, 3.8) is 0 Å². The molecular formula is C20H39N5O. The Bertz CT molecular complexity index is 457. The molecule has 2 fully saturated rings. The monoisotopic (exact) mass is 365 g/mol. The van der Waals surface area contributed by atoms with Crippen molar-refractivity contribution >= 4 is 11.9 Å². The number of amides is 1. The molecule has 1 unspecified atom stereocenters. The maximum absolute atomic E-state index is 12.2. The van der Waals surface area contributed by atoms with Gasteiger partial charge in [0.05, 0.1) is 0 Å². The van der Waals surface area contributed by atoms with Crippen LogP contribution in [-0.2, 0) is 4.79 Å². The van der Waals surface area contributed by atoms with Crippen LogP contribution in [0.3, 0.4) is 0 Å². The molecule has 2 rings (SSSR count). The molecule has 0 aromatic heterocycles. The first-order chi connectivity index (χ1) is 12.5. The molecule has 2 saturated heterocycles. The van der Waals surface area contributed by atoms with E-state index in [4.69, 9.17) is 4.99 Å². The summed E-state index contributed by atoms with van der Waals surface area (Å²) < 4.78 is 0. The maximum Gasteiger partial charge on any atom is 0.225 e. The average Bonchev–Trinajstić information content (AvgIpc) is 3.09. The summed E-state index contributed by atoms with van der Waals surface area (Å²) in [6, 6.07) is 0.307. The maximum atomic E-state index is 12.2. The molecule has 0 aromatic carbocycles. The second kappa shape index (κ2) is 10.8. The minimum Gasteiger partial charge on any atom is -0.357 e. The van der Waals surface area contributed by atoms with Crippen LogP contribution in [0.2, 0.25) is 0 Å². The zero-order valence-electron chi connectivity index (χ0n) is 17.3. The molecule has 1 atom stereocenters. The van der Waals surface area contributed by atoms with Gasteiger partial charge in [-0.1, -0.05) is 20.8 Å². The van der Waals surface area contributed by atoms with Gasteiger partial charge >= 0.3 is 0 Å². The Morgan fingerprint density at radius 3 is 2.50 bits per heavy atom. The Hall–Kier alpha value is -1.30. The zero-order chi connectivity index (χ0) is 18.9. The van der Waals surface area contributed by atoms with Crippen molar-refractivity contribution in [1.82, 2.24) is 20.4 Å². The van der Waals surface area contributed by atoms with Crippen molar-refractivity contribution in [1.29, 1.82) is 0 Å². The van der Waals surface area contributed by atoms with Crippen LogP contribution in [0.15, 0.2) is 4.99 Å². The lowest BCUT2D eigenvalue weighted by molar-refractivity contribution is -0.133. The van der Waals surface area contributed by atoms with Gasteiger partial charge in [-0.25, -0.2) is 0 Å². The number of nitrogens with one attached hydrogen (secondary N) is 2. The number of aliphatic imine (C=N–C) groups is 1. The van der Waals surface area contributed by atoms with Crippen molar-refractivity contribution in [3.05, 3.63) is 0 Å². The normalized spacial score (nSPS) is 22.9. The van der Waals surface area contributed by atoms with Crippen molar-refractivity contribution in [3.8, 4) is 0 Å². The van der Waals surface area contributed by atoms with Gasteiger partial charge in [0, 0.05) is 38.1 Å². The molecule has 1 amide bonds. The lowest BCUT2D eigenvalue weighted by Gasteiger charge is -2.31. The fourth-order valence-electron chi connectivity index (χ4n) is 3.89. The summed E-state index contributed by atoms with van der Waals surface area (Å²) in [6.07, 6.45) is 4.75. The highest BCUT2D eigenvalue weighted by atomic mass is 16.2. The third-order valence-corrected chi connectivity index (χ3v) is 5.43. The first kappa shape index (κ1) is 21.0. The quantitative estimate of drug-likeness (QED) is 0.535. The third kappa shape index (κ3) is 6.45. The van der Waals surface area contributed by atoms with E-state index in [0.717, 1.165) is 38.6 Å². The van der Waals surface area contributed by atoms with Gasteiger partial charge in [0.2, 0.25) is 5.91 Å². The predicted molar refractivity (Wildman–Crippen MR) is 108 cm³/mol. The van der Waals surface area contributed by atoms with Gasteiger partial charge in [0.1, 0.15) is 0 Å². The standard InChI is InChI=1S/C20H39N5O/c1-5-10-24-11-7-17(8-12-24)14-22-20(21-6-2)23-18-9-13-25(15-18)19(26)16(3)4/h16-18H,5-15H2,1-4H3,(H2,21,22,23). The van der Waals surface area contributed by atoms with Crippen LogP contribution in [0.5, 0.6) is 0 Å². The number of rotatable bonds is 7. The van der Waals surface area contributed by atoms with Crippen LogP contribution in [0.1, 0.15) is 53.4 Å². The fraction of sp³-hybridized carbons (Fsp3) is 0.900. The van der Waals surface area contributed by atoms with Crippen molar-refractivity contribution in [2.45, 2.75) is 59.4 Å². The molecule has 150 valence electrons. The smallest absolute Gasteiger partial charge is 0.225 e. The van der Waals surface area contributed by atoms with E-state index in [1.165, 1.54) is 38.9 Å². The van der Waals surface area contributed by atoms with Crippen LogP contribution in [-0.4, -0.2) is 73.5 Å². The Balaban J connectivity index is 1.79. The molecule has 0 saturated carbocycles. The number of guanidine groups is 1. The molecule has 0 bridgehead atoms. The summed E-state index contributed by atoms with van der Waals surface area (Å²) in [5.41, 5.74) is 0. The second-order valence-corrected chi connectivity index (χ2v) is 8.07.